The van der Waals surface area contributed by atoms with E-state index < -0.39 is 7.05 Å². The normalized spacial score (nSPS) is 12.2. The zero-order valence-corrected chi connectivity index (χ0v) is 10.4. The van der Waals surface area contributed by atoms with Crippen molar-refractivity contribution in [1.82, 2.24) is 10.3 Å². The van der Waals surface area contributed by atoms with Crippen LogP contribution in [0, 0.1) is 5.92 Å². The molecule has 0 aromatic carbocycles. The number of hydrazine groups is 1. The van der Waals surface area contributed by atoms with Gasteiger partial charge >= 0.3 is 7.05 Å². The lowest BCUT2D eigenvalue weighted by atomic mass is 9.68. The molecule has 0 bridgehead atoms. The van der Waals surface area contributed by atoms with Crippen molar-refractivity contribution < 1.29 is 5.02 Å². The summed E-state index contributed by atoms with van der Waals surface area (Å²) < 4.78 is 0. The van der Waals surface area contributed by atoms with E-state index in [2.05, 4.69) is 33.1 Å². The summed E-state index contributed by atoms with van der Waals surface area (Å²) >= 11 is 0. The first-order valence-electron chi connectivity index (χ1n) is 5.56. The summed E-state index contributed by atoms with van der Waals surface area (Å²) in [5, 5.41) is 9.93. The molecule has 0 heterocycles. The molecule has 0 saturated carbocycles. The Balaban J connectivity index is 4.15. The third kappa shape index (κ3) is 4.98. The van der Waals surface area contributed by atoms with E-state index in [4.69, 9.17) is 0 Å². The Morgan fingerprint density at radius 2 is 1.64 bits per heavy atom. The Morgan fingerprint density at radius 3 is 1.93 bits per heavy atom. The first-order chi connectivity index (χ1) is 6.36. The van der Waals surface area contributed by atoms with Gasteiger partial charge in [0.05, 0.1) is 0 Å². The molecule has 0 aliphatic carbocycles. The van der Waals surface area contributed by atoms with E-state index in [1.54, 1.807) is 0 Å². The molecule has 14 heavy (non-hydrogen) atoms. The van der Waals surface area contributed by atoms with Crippen molar-refractivity contribution in [2.24, 2.45) is 5.92 Å². The average molecular weight is 200 g/mol. The molecule has 0 aliphatic rings. The van der Waals surface area contributed by atoms with Crippen molar-refractivity contribution in [3.8, 4) is 0 Å². The highest BCUT2D eigenvalue weighted by Gasteiger charge is 2.27. The van der Waals surface area contributed by atoms with Gasteiger partial charge in [-0.15, -0.1) is 0 Å². The highest BCUT2D eigenvalue weighted by atomic mass is 16.2. The van der Waals surface area contributed by atoms with Crippen molar-refractivity contribution in [2.75, 3.05) is 6.54 Å². The van der Waals surface area contributed by atoms with Crippen molar-refractivity contribution >= 4 is 7.05 Å². The van der Waals surface area contributed by atoms with E-state index in [0.717, 1.165) is 6.54 Å². The predicted octanol–water partition coefficient (Wildman–Crippen LogP) is 1.75. The van der Waals surface area contributed by atoms with Gasteiger partial charge in [0.2, 0.25) is 0 Å². The van der Waals surface area contributed by atoms with Gasteiger partial charge in [0, 0.05) is 12.6 Å². The van der Waals surface area contributed by atoms with Crippen molar-refractivity contribution in [2.45, 2.75) is 53.4 Å². The summed E-state index contributed by atoms with van der Waals surface area (Å²) in [5.41, 5.74) is 3.28. The number of nitrogens with zero attached hydrogens (tertiary/aromatic N) is 1. The molecule has 0 rings (SSSR count). The predicted molar refractivity (Wildman–Crippen MR) is 62.9 cm³/mol. The zero-order valence-electron chi connectivity index (χ0n) is 10.4. The lowest BCUT2D eigenvalue weighted by molar-refractivity contribution is 0.215. The minimum atomic E-state index is -0.409. The minimum absolute atomic E-state index is 0.247. The topological polar surface area (TPSA) is 35.5 Å². The summed E-state index contributed by atoms with van der Waals surface area (Å²) in [7, 11) is -0.409. The molecule has 0 radical (unpaired) electrons. The van der Waals surface area contributed by atoms with Crippen LogP contribution in [0.3, 0.4) is 0 Å². The second-order valence-corrected chi connectivity index (χ2v) is 4.91. The molecule has 4 heteroatoms. The largest absolute Gasteiger partial charge is 0.436 e. The van der Waals surface area contributed by atoms with Crippen LogP contribution in [-0.2, 0) is 0 Å². The molecule has 84 valence electrons. The molecule has 0 saturated heterocycles. The van der Waals surface area contributed by atoms with Crippen LogP contribution in [0.15, 0.2) is 0 Å². The summed E-state index contributed by atoms with van der Waals surface area (Å²) in [6.07, 6.45) is 0. The molecule has 0 spiro atoms. The van der Waals surface area contributed by atoms with Crippen LogP contribution in [-0.4, -0.2) is 29.6 Å². The number of nitrogens with one attached hydrogen (secondary N) is 1. The Hall–Kier alpha value is -0.0551. The van der Waals surface area contributed by atoms with Gasteiger partial charge in [-0.1, -0.05) is 27.7 Å². The first kappa shape index (κ1) is 13.9. The molecular weight excluding hydrogens is 175 g/mol. The smallest absolute Gasteiger partial charge is 0.397 e. The van der Waals surface area contributed by atoms with E-state index >= 15 is 0 Å². The maximum Gasteiger partial charge on any atom is 0.397 e. The quantitative estimate of drug-likeness (QED) is 0.506. The fourth-order valence-electron chi connectivity index (χ4n) is 1.19. The Kier molecular flexibility index (Phi) is 6.41. The number of hydrogen-bond donors (Lipinski definition) is 2. The van der Waals surface area contributed by atoms with Gasteiger partial charge in [0.25, 0.3) is 0 Å². The monoisotopic (exact) mass is 200 g/mol. The Bertz CT molecular complexity index is 151. The minimum Gasteiger partial charge on any atom is -0.436 e. The van der Waals surface area contributed by atoms with Gasteiger partial charge in [0.1, 0.15) is 0 Å². The molecule has 3 nitrogen and oxygen atoms in total. The van der Waals surface area contributed by atoms with E-state index in [-0.39, 0.29) is 5.82 Å². The van der Waals surface area contributed by atoms with Crippen molar-refractivity contribution in [3.05, 3.63) is 0 Å². The summed E-state index contributed by atoms with van der Waals surface area (Å²) in [6.45, 7) is 13.4. The maximum absolute atomic E-state index is 9.93. The highest BCUT2D eigenvalue weighted by molar-refractivity contribution is 6.48. The van der Waals surface area contributed by atoms with Crippen LogP contribution in [0.5, 0.6) is 0 Å². The zero-order chi connectivity index (χ0) is 11.3. The fourth-order valence-corrected chi connectivity index (χ4v) is 1.19. The van der Waals surface area contributed by atoms with Gasteiger partial charge in [-0.2, -0.15) is 0 Å². The van der Waals surface area contributed by atoms with Gasteiger partial charge < -0.3 is 5.02 Å². The molecular formula is C10H25BN2O. The fraction of sp³-hybridized carbons (Fsp3) is 1.00. The van der Waals surface area contributed by atoms with E-state index in [1.165, 1.54) is 0 Å². The van der Waals surface area contributed by atoms with Gasteiger partial charge in [0.15, 0.2) is 0 Å². The molecule has 0 amide bonds. The first-order valence-corrected chi connectivity index (χ1v) is 5.56. The van der Waals surface area contributed by atoms with Crippen molar-refractivity contribution in [1.29, 1.82) is 0 Å². The summed E-state index contributed by atoms with van der Waals surface area (Å²) in [4.78, 5) is 1.94. The second-order valence-electron chi connectivity index (χ2n) is 4.91. The van der Waals surface area contributed by atoms with Crippen LogP contribution >= 0.6 is 0 Å². The van der Waals surface area contributed by atoms with Crippen LogP contribution in [0.2, 0.25) is 5.82 Å². The van der Waals surface area contributed by atoms with Gasteiger partial charge in [-0.3, -0.25) is 10.3 Å². The SMILES string of the molecule is CC(C)CNN(B(O)C(C)C)C(C)C. The molecule has 0 aromatic heterocycles. The van der Waals surface area contributed by atoms with E-state index in [1.807, 2.05) is 18.8 Å². The Morgan fingerprint density at radius 1 is 1.14 bits per heavy atom. The van der Waals surface area contributed by atoms with Crippen LogP contribution < -0.4 is 5.43 Å². The molecule has 0 aliphatic heterocycles. The van der Waals surface area contributed by atoms with Crippen LogP contribution in [0.1, 0.15) is 41.5 Å². The summed E-state index contributed by atoms with van der Waals surface area (Å²) in [6, 6.07) is 0.311. The molecule has 0 atom stereocenters. The summed E-state index contributed by atoms with van der Waals surface area (Å²) in [5.74, 6) is 0.840. The van der Waals surface area contributed by atoms with Gasteiger partial charge in [-0.25, -0.2) is 0 Å². The van der Waals surface area contributed by atoms with E-state index in [9.17, 15) is 5.02 Å². The Labute approximate surface area is 89.0 Å². The van der Waals surface area contributed by atoms with Crippen LogP contribution in [0.25, 0.3) is 0 Å². The third-order valence-corrected chi connectivity index (χ3v) is 2.12. The lowest BCUT2D eigenvalue weighted by Gasteiger charge is -2.32. The average Bonchev–Trinajstić information content (AvgIpc) is 2.02. The standard InChI is InChI=1S/C10H25BN2O/c1-8(2)7-12-13(10(5)6)11(14)9(3)4/h8-10,12,14H,7H2,1-6H3. The molecule has 0 aromatic rings. The number of hydrogen-bond acceptors (Lipinski definition) is 3. The van der Waals surface area contributed by atoms with Gasteiger partial charge in [-0.05, 0) is 25.6 Å². The van der Waals surface area contributed by atoms with Crippen LogP contribution in [0.4, 0.5) is 0 Å². The second kappa shape index (κ2) is 6.43. The number of rotatable bonds is 6. The highest BCUT2D eigenvalue weighted by Crippen LogP contribution is 2.10. The maximum atomic E-state index is 9.93. The molecule has 0 unspecified atom stereocenters. The molecule has 0 fully saturated rings. The lowest BCUT2D eigenvalue weighted by Crippen LogP contribution is -2.54. The molecule has 2 N–H and O–H groups in total. The van der Waals surface area contributed by atoms with E-state index in [0.29, 0.717) is 12.0 Å². The van der Waals surface area contributed by atoms with Crippen molar-refractivity contribution in [3.63, 3.8) is 0 Å². The third-order valence-electron chi connectivity index (χ3n) is 2.12.